The van der Waals surface area contributed by atoms with Crippen molar-refractivity contribution in [2.75, 3.05) is 0 Å². The minimum Gasteiger partial charge on any atom is -0.368 e. The number of aryl methyl sites for hydroxylation is 1. The number of nitrogens with zero attached hydrogens (tertiary/aromatic N) is 2. The third kappa shape index (κ3) is 2.21. The summed E-state index contributed by atoms with van der Waals surface area (Å²) in [4.78, 5) is 22.0. The van der Waals surface area contributed by atoms with Crippen LogP contribution in [0.1, 0.15) is 13.3 Å². The van der Waals surface area contributed by atoms with Crippen LogP contribution in [-0.2, 0) is 17.9 Å². The van der Waals surface area contributed by atoms with E-state index in [4.69, 9.17) is 5.73 Å². The van der Waals surface area contributed by atoms with E-state index in [9.17, 15) is 9.59 Å². The molecule has 0 aliphatic carbocycles. The van der Waals surface area contributed by atoms with E-state index in [1.807, 2.05) is 6.92 Å². The van der Waals surface area contributed by atoms with Crippen LogP contribution in [0.2, 0.25) is 0 Å². The Hall–Kier alpha value is -1.52. The van der Waals surface area contributed by atoms with Crippen molar-refractivity contribution >= 4 is 5.91 Å². The Morgan fingerprint density at radius 1 is 1.46 bits per heavy atom. The summed E-state index contributed by atoms with van der Waals surface area (Å²) in [6.45, 7) is 2.61. The van der Waals surface area contributed by atoms with Crippen molar-refractivity contribution in [3.05, 3.63) is 22.9 Å². The van der Waals surface area contributed by atoms with Crippen LogP contribution in [0.4, 0.5) is 0 Å². The number of hydrogen-bond donors (Lipinski definition) is 1. The van der Waals surface area contributed by atoms with E-state index in [1.54, 1.807) is 17.0 Å². The summed E-state index contributed by atoms with van der Waals surface area (Å²) in [6, 6.07) is 0. The summed E-state index contributed by atoms with van der Waals surface area (Å²) in [5.74, 6) is -0.503. The van der Waals surface area contributed by atoms with E-state index in [2.05, 4.69) is 0 Å². The third-order valence-corrected chi connectivity index (χ3v) is 1.71. The summed E-state index contributed by atoms with van der Waals surface area (Å²) < 4.78 is 2.86. The van der Waals surface area contributed by atoms with Crippen molar-refractivity contribution in [2.45, 2.75) is 26.4 Å². The van der Waals surface area contributed by atoms with Gasteiger partial charge in [-0.25, -0.2) is 4.79 Å². The van der Waals surface area contributed by atoms with E-state index in [1.165, 1.54) is 4.57 Å². The summed E-state index contributed by atoms with van der Waals surface area (Å²) in [7, 11) is 0. The van der Waals surface area contributed by atoms with Crippen molar-refractivity contribution in [3.8, 4) is 0 Å². The number of rotatable bonds is 4. The van der Waals surface area contributed by atoms with Crippen LogP contribution in [0.5, 0.6) is 0 Å². The van der Waals surface area contributed by atoms with Crippen molar-refractivity contribution in [1.82, 2.24) is 9.13 Å². The molecular weight excluding hydrogens is 170 g/mol. The summed E-state index contributed by atoms with van der Waals surface area (Å²) in [5, 5.41) is 0. The fraction of sp³-hybridized carbons (Fsp3) is 0.500. The summed E-state index contributed by atoms with van der Waals surface area (Å²) >= 11 is 0. The molecule has 0 radical (unpaired) electrons. The fourth-order valence-corrected chi connectivity index (χ4v) is 1.15. The maximum absolute atomic E-state index is 11.4. The molecule has 0 fully saturated rings. The molecule has 1 rings (SSSR count). The molecule has 1 aromatic rings. The van der Waals surface area contributed by atoms with Gasteiger partial charge >= 0.3 is 5.69 Å². The van der Waals surface area contributed by atoms with Gasteiger partial charge in [0.15, 0.2) is 0 Å². The molecule has 1 amide bonds. The molecule has 0 unspecified atom stereocenters. The first-order valence-corrected chi connectivity index (χ1v) is 4.19. The zero-order valence-corrected chi connectivity index (χ0v) is 7.56. The first-order valence-electron chi connectivity index (χ1n) is 4.19. The predicted molar refractivity (Wildman–Crippen MR) is 48.2 cm³/mol. The standard InChI is InChI=1S/C8H13N3O2/c1-2-3-10-4-5-11(8(10)13)6-7(9)12/h4-5H,2-3,6H2,1H3,(H2,9,12). The second-order valence-corrected chi connectivity index (χ2v) is 2.87. The van der Waals surface area contributed by atoms with E-state index >= 15 is 0 Å². The van der Waals surface area contributed by atoms with Crippen molar-refractivity contribution in [1.29, 1.82) is 0 Å². The number of amides is 1. The highest BCUT2D eigenvalue weighted by molar-refractivity contribution is 5.73. The maximum Gasteiger partial charge on any atom is 0.328 e. The van der Waals surface area contributed by atoms with E-state index in [-0.39, 0.29) is 12.2 Å². The second kappa shape index (κ2) is 3.93. The van der Waals surface area contributed by atoms with Gasteiger partial charge in [0.1, 0.15) is 6.54 Å². The van der Waals surface area contributed by atoms with Gasteiger partial charge in [0.25, 0.3) is 0 Å². The molecule has 1 aromatic heterocycles. The minimum absolute atomic E-state index is 0.0461. The minimum atomic E-state index is -0.503. The average molecular weight is 183 g/mol. The highest BCUT2D eigenvalue weighted by Crippen LogP contribution is 1.87. The normalized spacial score (nSPS) is 10.2. The van der Waals surface area contributed by atoms with Crippen LogP contribution in [0.15, 0.2) is 17.2 Å². The lowest BCUT2D eigenvalue weighted by Gasteiger charge is -1.97. The van der Waals surface area contributed by atoms with Gasteiger partial charge in [-0.05, 0) is 6.42 Å². The Morgan fingerprint density at radius 2 is 2.08 bits per heavy atom. The quantitative estimate of drug-likeness (QED) is 0.686. The first kappa shape index (κ1) is 9.57. The highest BCUT2D eigenvalue weighted by atomic mass is 16.2. The SMILES string of the molecule is CCCn1ccn(CC(N)=O)c1=O. The number of carbonyl (C=O) groups is 1. The first-order chi connectivity index (χ1) is 6.15. The molecule has 0 saturated carbocycles. The zero-order chi connectivity index (χ0) is 9.84. The van der Waals surface area contributed by atoms with Crippen LogP contribution >= 0.6 is 0 Å². The zero-order valence-electron chi connectivity index (χ0n) is 7.56. The van der Waals surface area contributed by atoms with Gasteiger partial charge in [-0.15, -0.1) is 0 Å². The van der Waals surface area contributed by atoms with Gasteiger partial charge < -0.3 is 5.73 Å². The topological polar surface area (TPSA) is 70.0 Å². The smallest absolute Gasteiger partial charge is 0.328 e. The second-order valence-electron chi connectivity index (χ2n) is 2.87. The van der Waals surface area contributed by atoms with Gasteiger partial charge in [0.2, 0.25) is 5.91 Å². The Bertz CT molecular complexity index is 351. The van der Waals surface area contributed by atoms with Crippen molar-refractivity contribution in [2.24, 2.45) is 5.73 Å². The van der Waals surface area contributed by atoms with Crippen molar-refractivity contribution < 1.29 is 4.79 Å². The molecule has 0 bridgehead atoms. The molecule has 0 saturated heterocycles. The molecule has 0 atom stereocenters. The number of imidazole rings is 1. The van der Waals surface area contributed by atoms with Gasteiger partial charge in [0, 0.05) is 18.9 Å². The molecule has 0 spiro atoms. The number of carbonyl (C=O) groups excluding carboxylic acids is 1. The molecule has 5 nitrogen and oxygen atoms in total. The predicted octanol–water partition coefficient (Wildman–Crippen LogP) is -0.455. The van der Waals surface area contributed by atoms with Gasteiger partial charge in [-0.1, -0.05) is 6.92 Å². The molecule has 5 heteroatoms. The van der Waals surface area contributed by atoms with Crippen LogP contribution in [0, 0.1) is 0 Å². The van der Waals surface area contributed by atoms with Crippen LogP contribution < -0.4 is 11.4 Å². The molecule has 72 valence electrons. The van der Waals surface area contributed by atoms with E-state index in [0.717, 1.165) is 6.42 Å². The molecule has 0 aliphatic rings. The Balaban J connectivity index is 2.86. The maximum atomic E-state index is 11.4. The number of nitrogens with two attached hydrogens (primary N) is 1. The Kier molecular flexibility index (Phi) is 2.89. The molecular formula is C8H13N3O2. The van der Waals surface area contributed by atoms with E-state index in [0.29, 0.717) is 6.54 Å². The highest BCUT2D eigenvalue weighted by Gasteiger charge is 2.03. The molecule has 0 aliphatic heterocycles. The van der Waals surface area contributed by atoms with Gasteiger partial charge in [-0.3, -0.25) is 13.9 Å². The lowest BCUT2D eigenvalue weighted by molar-refractivity contribution is -0.118. The fourth-order valence-electron chi connectivity index (χ4n) is 1.15. The Labute approximate surface area is 75.8 Å². The summed E-state index contributed by atoms with van der Waals surface area (Å²) in [6.07, 6.45) is 4.12. The molecule has 13 heavy (non-hydrogen) atoms. The average Bonchev–Trinajstić information content (AvgIpc) is 2.36. The molecule has 0 aromatic carbocycles. The number of primary amides is 1. The van der Waals surface area contributed by atoms with Crippen LogP contribution in [-0.4, -0.2) is 15.0 Å². The van der Waals surface area contributed by atoms with Crippen molar-refractivity contribution in [3.63, 3.8) is 0 Å². The molecule has 2 N–H and O–H groups in total. The van der Waals surface area contributed by atoms with Gasteiger partial charge in [-0.2, -0.15) is 0 Å². The van der Waals surface area contributed by atoms with Crippen LogP contribution in [0.3, 0.4) is 0 Å². The lowest BCUT2D eigenvalue weighted by atomic mass is 10.5. The third-order valence-electron chi connectivity index (χ3n) is 1.71. The van der Waals surface area contributed by atoms with Gasteiger partial charge in [0.05, 0.1) is 0 Å². The number of aromatic nitrogens is 2. The van der Waals surface area contributed by atoms with E-state index < -0.39 is 5.91 Å². The largest absolute Gasteiger partial charge is 0.368 e. The summed E-state index contributed by atoms with van der Waals surface area (Å²) in [5.41, 5.74) is 4.79. The monoisotopic (exact) mass is 183 g/mol. The van der Waals surface area contributed by atoms with Crippen LogP contribution in [0.25, 0.3) is 0 Å². The Morgan fingerprint density at radius 3 is 2.62 bits per heavy atom. The molecule has 1 heterocycles. The lowest BCUT2D eigenvalue weighted by Crippen LogP contribution is -2.29. The number of hydrogen-bond acceptors (Lipinski definition) is 2.